The number of hydrogen-bond donors (Lipinski definition) is 1. The number of ether oxygens (including phenoxy) is 1. The normalized spacial score (nSPS) is 15.9. The molecule has 1 aliphatic rings. The van der Waals surface area contributed by atoms with Crippen molar-refractivity contribution < 1.29 is 14.3 Å². The molecule has 8 nitrogen and oxygen atoms in total. The molecule has 1 N–H and O–H groups in total. The molecule has 1 unspecified atom stereocenters. The fourth-order valence-electron chi connectivity index (χ4n) is 2.68. The van der Waals surface area contributed by atoms with E-state index in [1.165, 1.54) is 11.8 Å². The van der Waals surface area contributed by atoms with Gasteiger partial charge >= 0.3 is 5.97 Å². The van der Waals surface area contributed by atoms with Gasteiger partial charge in [0.15, 0.2) is 6.73 Å². The van der Waals surface area contributed by atoms with E-state index in [4.69, 9.17) is 4.74 Å². The Balaban J connectivity index is 1.41. The van der Waals surface area contributed by atoms with E-state index in [1.807, 2.05) is 18.2 Å². The van der Waals surface area contributed by atoms with Crippen molar-refractivity contribution in [2.24, 2.45) is 0 Å². The van der Waals surface area contributed by atoms with Crippen molar-refractivity contribution in [3.63, 3.8) is 0 Å². The van der Waals surface area contributed by atoms with Crippen molar-refractivity contribution in [1.29, 1.82) is 0 Å². The lowest BCUT2D eigenvalue weighted by Gasteiger charge is -2.23. The van der Waals surface area contributed by atoms with Crippen LogP contribution in [0.4, 0.5) is 5.69 Å². The minimum absolute atomic E-state index is 0.111. The van der Waals surface area contributed by atoms with Gasteiger partial charge in [0.05, 0.1) is 22.7 Å². The summed E-state index contributed by atoms with van der Waals surface area (Å²) in [6.45, 7) is -0.356. The highest BCUT2D eigenvalue weighted by Gasteiger charge is 2.29. The number of benzene rings is 2. The van der Waals surface area contributed by atoms with Gasteiger partial charge in [-0.05, 0) is 24.3 Å². The molecule has 2 heterocycles. The zero-order valence-electron chi connectivity index (χ0n) is 14.0. The molecule has 1 aliphatic heterocycles. The number of fused-ring (bicyclic) bond motifs is 2. The first-order chi connectivity index (χ1) is 13.1. The zero-order chi connectivity index (χ0) is 18.8. The van der Waals surface area contributed by atoms with E-state index < -0.39 is 16.8 Å². The Labute approximate surface area is 157 Å². The minimum Gasteiger partial charge on any atom is -0.442 e. The van der Waals surface area contributed by atoms with Crippen molar-refractivity contribution in [3.05, 3.63) is 58.9 Å². The number of rotatable bonds is 4. The minimum atomic E-state index is -0.594. The highest BCUT2D eigenvalue weighted by Crippen LogP contribution is 2.36. The average Bonchev–Trinajstić information content (AvgIpc) is 2.68. The molecule has 27 heavy (non-hydrogen) atoms. The molecule has 0 saturated carbocycles. The van der Waals surface area contributed by atoms with Gasteiger partial charge in [0.1, 0.15) is 5.52 Å². The fraction of sp³-hybridized carbons (Fsp3) is 0.167. The predicted octanol–water partition coefficient (Wildman–Crippen LogP) is 1.80. The first kappa shape index (κ1) is 17.2. The highest BCUT2D eigenvalue weighted by atomic mass is 32.2. The molecule has 0 spiro atoms. The molecule has 1 amide bonds. The van der Waals surface area contributed by atoms with Gasteiger partial charge in [-0.1, -0.05) is 29.5 Å². The van der Waals surface area contributed by atoms with E-state index in [0.29, 0.717) is 10.9 Å². The lowest BCUT2D eigenvalue weighted by atomic mass is 10.2. The first-order valence-corrected chi connectivity index (χ1v) is 9.04. The Hall–Kier alpha value is -3.20. The summed E-state index contributed by atoms with van der Waals surface area (Å²) < 4.78 is 6.10. The molecule has 2 aromatic carbocycles. The molecule has 0 aliphatic carbocycles. The van der Waals surface area contributed by atoms with Crippen LogP contribution in [0.3, 0.4) is 0 Å². The topological polar surface area (TPSA) is 103 Å². The number of aromatic nitrogens is 3. The lowest BCUT2D eigenvalue weighted by molar-refractivity contribution is -0.148. The number of nitrogens with zero attached hydrogens (tertiary/aromatic N) is 3. The number of carbonyl (C=O) groups excluding carboxylic acids is 2. The number of carbonyl (C=O) groups is 2. The predicted molar refractivity (Wildman–Crippen MR) is 99.2 cm³/mol. The van der Waals surface area contributed by atoms with Crippen LogP contribution in [-0.4, -0.2) is 32.1 Å². The first-order valence-electron chi connectivity index (χ1n) is 8.16. The second kappa shape index (κ2) is 7.20. The number of thioether (sulfide) groups is 1. The number of amides is 1. The summed E-state index contributed by atoms with van der Waals surface area (Å²) in [6, 6.07) is 14.2. The molecule has 136 valence electrons. The number of nitrogens with one attached hydrogen (secondary N) is 1. The molecule has 0 fully saturated rings. The summed E-state index contributed by atoms with van der Waals surface area (Å²) in [5, 5.41) is 10.3. The highest BCUT2D eigenvalue weighted by molar-refractivity contribution is 8.01. The molecule has 1 atom stereocenters. The third-order valence-electron chi connectivity index (χ3n) is 4.04. The second-order valence-corrected chi connectivity index (χ2v) is 7.10. The smallest absolute Gasteiger partial charge is 0.309 e. The molecule has 1 aromatic heterocycles. The third kappa shape index (κ3) is 3.54. The number of anilines is 1. The summed E-state index contributed by atoms with van der Waals surface area (Å²) in [4.78, 5) is 37.5. The maximum absolute atomic E-state index is 12.3. The van der Waals surface area contributed by atoms with Gasteiger partial charge in [-0.15, -0.1) is 16.9 Å². The number of esters is 1. The van der Waals surface area contributed by atoms with Crippen LogP contribution >= 0.6 is 11.8 Å². The summed E-state index contributed by atoms with van der Waals surface area (Å²) in [5.74, 6) is -0.845. The van der Waals surface area contributed by atoms with Crippen LogP contribution in [0, 0.1) is 0 Å². The van der Waals surface area contributed by atoms with Crippen LogP contribution in [0.25, 0.3) is 10.9 Å². The zero-order valence-corrected chi connectivity index (χ0v) is 14.8. The Kier molecular flexibility index (Phi) is 4.59. The van der Waals surface area contributed by atoms with Crippen molar-refractivity contribution in [2.75, 3.05) is 5.32 Å². The monoisotopic (exact) mass is 382 g/mol. The van der Waals surface area contributed by atoms with Crippen LogP contribution in [0.5, 0.6) is 0 Å². The van der Waals surface area contributed by atoms with Crippen molar-refractivity contribution in [1.82, 2.24) is 15.0 Å². The Bertz CT molecular complexity index is 1100. The molecule has 4 rings (SSSR count). The second-order valence-electron chi connectivity index (χ2n) is 5.85. The molecular weight excluding hydrogens is 368 g/mol. The number of para-hydroxylation sites is 1. The SMILES string of the molecule is O=C(CC1Sc2ccccc2NC1=O)OCn1nnc2ccccc2c1=O. The summed E-state index contributed by atoms with van der Waals surface area (Å²) in [5.41, 5.74) is 0.807. The molecule has 9 heteroatoms. The Morgan fingerprint density at radius 1 is 1.15 bits per heavy atom. The van der Waals surface area contributed by atoms with Gasteiger partial charge in [-0.25, -0.2) is 0 Å². The van der Waals surface area contributed by atoms with E-state index >= 15 is 0 Å². The lowest BCUT2D eigenvalue weighted by Crippen LogP contribution is -2.32. The van der Waals surface area contributed by atoms with Crippen LogP contribution in [0.1, 0.15) is 6.42 Å². The van der Waals surface area contributed by atoms with Crippen LogP contribution in [0.2, 0.25) is 0 Å². The molecular formula is C18H14N4O4S. The largest absolute Gasteiger partial charge is 0.442 e. The Morgan fingerprint density at radius 3 is 2.81 bits per heavy atom. The molecule has 0 bridgehead atoms. The van der Waals surface area contributed by atoms with Gasteiger partial charge in [-0.3, -0.25) is 14.4 Å². The average molecular weight is 382 g/mol. The van der Waals surface area contributed by atoms with Crippen LogP contribution in [0.15, 0.2) is 58.2 Å². The molecule has 3 aromatic rings. The van der Waals surface area contributed by atoms with E-state index in [0.717, 1.165) is 15.3 Å². The molecule has 0 radical (unpaired) electrons. The Morgan fingerprint density at radius 2 is 1.93 bits per heavy atom. The van der Waals surface area contributed by atoms with E-state index in [9.17, 15) is 14.4 Å². The van der Waals surface area contributed by atoms with Gasteiger partial charge in [0.25, 0.3) is 5.56 Å². The van der Waals surface area contributed by atoms with Gasteiger partial charge in [0.2, 0.25) is 5.91 Å². The standard InChI is InChI=1S/C18H14N4O4S/c23-16(9-15-17(24)19-13-7-3-4-8-14(13)27-15)26-10-22-18(25)11-5-1-2-6-12(11)20-21-22/h1-8,15H,9-10H2,(H,19,24). The third-order valence-corrected chi connectivity index (χ3v) is 5.31. The van der Waals surface area contributed by atoms with Gasteiger partial charge < -0.3 is 10.1 Å². The van der Waals surface area contributed by atoms with Crippen molar-refractivity contribution in [3.8, 4) is 0 Å². The van der Waals surface area contributed by atoms with E-state index in [1.54, 1.807) is 30.3 Å². The van der Waals surface area contributed by atoms with Crippen LogP contribution in [-0.2, 0) is 21.1 Å². The van der Waals surface area contributed by atoms with E-state index in [-0.39, 0.29) is 19.1 Å². The quantitative estimate of drug-likeness (QED) is 0.686. The summed E-state index contributed by atoms with van der Waals surface area (Å²) >= 11 is 1.31. The molecule has 0 saturated heterocycles. The van der Waals surface area contributed by atoms with Gasteiger partial charge in [0, 0.05) is 4.90 Å². The van der Waals surface area contributed by atoms with Crippen molar-refractivity contribution >= 4 is 40.2 Å². The van der Waals surface area contributed by atoms with E-state index in [2.05, 4.69) is 15.6 Å². The number of hydrogen-bond acceptors (Lipinski definition) is 7. The maximum atomic E-state index is 12.3. The van der Waals surface area contributed by atoms with Gasteiger partial charge in [-0.2, -0.15) is 4.68 Å². The maximum Gasteiger partial charge on any atom is 0.309 e. The summed E-state index contributed by atoms with van der Waals surface area (Å²) in [7, 11) is 0. The fourth-order valence-corrected chi connectivity index (χ4v) is 3.77. The van der Waals surface area contributed by atoms with Crippen LogP contribution < -0.4 is 10.9 Å². The van der Waals surface area contributed by atoms with Crippen molar-refractivity contribution in [2.45, 2.75) is 23.3 Å². The summed E-state index contributed by atoms with van der Waals surface area (Å²) in [6.07, 6.45) is -0.111.